The van der Waals surface area contributed by atoms with E-state index in [-0.39, 0.29) is 5.97 Å². The van der Waals surface area contributed by atoms with E-state index in [0.29, 0.717) is 5.56 Å². The largest absolute Gasteiger partial charge is 0.465 e. The molecule has 0 amide bonds. The van der Waals surface area contributed by atoms with E-state index in [4.69, 9.17) is 0 Å². The zero-order valence-corrected chi connectivity index (χ0v) is 18.6. The van der Waals surface area contributed by atoms with Crippen LogP contribution in [0.5, 0.6) is 0 Å². The van der Waals surface area contributed by atoms with E-state index < -0.39 is 0 Å². The van der Waals surface area contributed by atoms with Crippen LogP contribution in [0.2, 0.25) is 0 Å². The van der Waals surface area contributed by atoms with Crippen LogP contribution in [-0.4, -0.2) is 43.7 Å². The maximum absolute atomic E-state index is 10.8. The van der Waals surface area contributed by atoms with E-state index in [9.17, 15) is 4.79 Å². The summed E-state index contributed by atoms with van der Waals surface area (Å²) in [5.41, 5.74) is 0.588. The van der Waals surface area contributed by atoms with Gasteiger partial charge in [-0.05, 0) is 37.8 Å². The van der Waals surface area contributed by atoms with Gasteiger partial charge in [-0.2, -0.15) is 0 Å². The number of ether oxygens (including phenoxy) is 1. The van der Waals surface area contributed by atoms with Gasteiger partial charge in [-0.1, -0.05) is 71.6 Å². The molecule has 0 heterocycles. The van der Waals surface area contributed by atoms with Crippen molar-refractivity contribution < 1.29 is 14.0 Å². The van der Waals surface area contributed by atoms with Gasteiger partial charge in [0, 0.05) is 0 Å². The molecule has 3 nitrogen and oxygen atoms in total. The molecule has 0 saturated carbocycles. The molecule has 0 fully saturated rings. The number of methoxy groups -OCH3 is 1. The molecule has 0 saturated heterocycles. The van der Waals surface area contributed by atoms with Crippen LogP contribution in [0.1, 0.15) is 89.4 Å². The molecule has 1 aromatic rings. The monoisotopic (exact) mass is 378 g/mol. The Morgan fingerprint density at radius 3 is 1.41 bits per heavy atom. The third-order valence-corrected chi connectivity index (χ3v) is 5.14. The maximum Gasteiger partial charge on any atom is 0.337 e. The third-order valence-electron chi connectivity index (χ3n) is 5.14. The summed E-state index contributed by atoms with van der Waals surface area (Å²) in [7, 11) is 1.37. The fourth-order valence-corrected chi connectivity index (χ4v) is 3.34. The zero-order valence-electron chi connectivity index (χ0n) is 18.6. The number of hydrogen-bond donors (Lipinski definition) is 0. The number of carbonyl (C=O) groups is 1. The molecule has 0 aromatic heterocycles. The van der Waals surface area contributed by atoms with E-state index in [2.05, 4.69) is 32.4 Å². The SMILES string of the molecule is CCCC[N+](CCCC)(CCCC)CCCC.COC(=O)c1ccccc1. The first-order valence-corrected chi connectivity index (χ1v) is 11.1. The van der Waals surface area contributed by atoms with Crippen LogP contribution in [0.15, 0.2) is 30.3 Å². The number of quaternary nitrogens is 1. The van der Waals surface area contributed by atoms with Crippen LogP contribution < -0.4 is 0 Å². The molecule has 0 radical (unpaired) electrons. The Kier molecular flexibility index (Phi) is 16.0. The van der Waals surface area contributed by atoms with Crippen LogP contribution >= 0.6 is 0 Å². The fourth-order valence-electron chi connectivity index (χ4n) is 3.34. The highest BCUT2D eigenvalue weighted by molar-refractivity contribution is 5.89. The topological polar surface area (TPSA) is 26.3 Å². The van der Waals surface area contributed by atoms with Crippen LogP contribution in [0.3, 0.4) is 0 Å². The quantitative estimate of drug-likeness (QED) is 0.290. The van der Waals surface area contributed by atoms with Crippen LogP contribution in [0.25, 0.3) is 0 Å². The summed E-state index contributed by atoms with van der Waals surface area (Å²) < 4.78 is 5.92. The average Bonchev–Trinajstić information content (AvgIpc) is 2.73. The molecular weight excluding hydrogens is 334 g/mol. The molecule has 156 valence electrons. The van der Waals surface area contributed by atoms with Crippen molar-refractivity contribution in [3.05, 3.63) is 35.9 Å². The smallest absolute Gasteiger partial charge is 0.337 e. The molecular formula is C24H44NO2+. The number of benzene rings is 1. The van der Waals surface area contributed by atoms with Gasteiger partial charge >= 0.3 is 5.97 Å². The van der Waals surface area contributed by atoms with Gasteiger partial charge in [-0.15, -0.1) is 0 Å². The van der Waals surface area contributed by atoms with Crippen LogP contribution in [-0.2, 0) is 4.74 Å². The second-order valence-corrected chi connectivity index (χ2v) is 7.51. The van der Waals surface area contributed by atoms with Crippen molar-refractivity contribution in [3.8, 4) is 0 Å². The van der Waals surface area contributed by atoms with Gasteiger partial charge in [0.1, 0.15) is 0 Å². The summed E-state index contributed by atoms with van der Waals surface area (Å²) in [5, 5.41) is 0. The second kappa shape index (κ2) is 16.8. The van der Waals surface area contributed by atoms with Crippen molar-refractivity contribution >= 4 is 5.97 Å². The van der Waals surface area contributed by atoms with Gasteiger partial charge in [0.2, 0.25) is 0 Å². The van der Waals surface area contributed by atoms with Gasteiger partial charge < -0.3 is 9.22 Å². The minimum absolute atomic E-state index is 0.291. The fraction of sp³-hybridized carbons (Fsp3) is 0.708. The van der Waals surface area contributed by atoms with Gasteiger partial charge in [-0.25, -0.2) is 4.79 Å². The van der Waals surface area contributed by atoms with E-state index >= 15 is 0 Å². The van der Waals surface area contributed by atoms with Gasteiger partial charge in [0.15, 0.2) is 0 Å². The molecule has 0 N–H and O–H groups in total. The molecule has 0 aliphatic rings. The van der Waals surface area contributed by atoms with Crippen molar-refractivity contribution in [1.29, 1.82) is 0 Å². The first-order valence-electron chi connectivity index (χ1n) is 11.1. The predicted octanol–water partition coefficient (Wildman–Crippen LogP) is 6.48. The van der Waals surface area contributed by atoms with E-state index in [0.717, 1.165) is 0 Å². The van der Waals surface area contributed by atoms with Crippen molar-refractivity contribution in [3.63, 3.8) is 0 Å². The Balaban J connectivity index is 0.000000569. The Bertz CT molecular complexity index is 421. The minimum atomic E-state index is -0.291. The molecule has 0 bridgehead atoms. The molecule has 1 rings (SSSR count). The zero-order chi connectivity index (χ0) is 20.4. The lowest BCUT2D eigenvalue weighted by Crippen LogP contribution is -2.50. The highest BCUT2D eigenvalue weighted by Gasteiger charge is 2.24. The lowest BCUT2D eigenvalue weighted by molar-refractivity contribution is -0.929. The maximum atomic E-state index is 10.8. The van der Waals surface area contributed by atoms with Crippen molar-refractivity contribution in [2.45, 2.75) is 79.1 Å². The number of unbranched alkanes of at least 4 members (excludes halogenated alkanes) is 4. The van der Waals surface area contributed by atoms with Gasteiger partial charge in [-0.3, -0.25) is 0 Å². The minimum Gasteiger partial charge on any atom is -0.465 e. The normalized spacial score (nSPS) is 10.9. The Labute approximate surface area is 168 Å². The standard InChI is InChI=1S/C16H36N.C8H8O2/c1-5-9-13-17(14-10-6-2,15-11-7-3)16-12-8-4;1-10-8(9)7-5-3-2-4-6-7/h5-16H2,1-4H3;2-6H,1H3/q+1;. The predicted molar refractivity (Wildman–Crippen MR) is 117 cm³/mol. The van der Waals surface area contributed by atoms with Crippen molar-refractivity contribution in [1.82, 2.24) is 0 Å². The van der Waals surface area contributed by atoms with Gasteiger partial charge in [0.05, 0.1) is 38.9 Å². The second-order valence-electron chi connectivity index (χ2n) is 7.51. The molecule has 0 unspecified atom stereocenters. The van der Waals surface area contributed by atoms with Gasteiger partial charge in [0.25, 0.3) is 0 Å². The van der Waals surface area contributed by atoms with E-state index in [1.807, 2.05) is 6.07 Å². The lowest BCUT2D eigenvalue weighted by Gasteiger charge is -2.39. The molecule has 3 heteroatoms. The summed E-state index contributed by atoms with van der Waals surface area (Å²) in [6.45, 7) is 15.0. The summed E-state index contributed by atoms with van der Waals surface area (Å²) in [6.07, 6.45) is 11.1. The Morgan fingerprint density at radius 2 is 1.11 bits per heavy atom. The first-order chi connectivity index (χ1) is 13.1. The number of nitrogens with zero attached hydrogens (tertiary/aromatic N) is 1. The third kappa shape index (κ3) is 11.9. The van der Waals surface area contributed by atoms with Crippen LogP contribution in [0, 0.1) is 0 Å². The summed E-state index contributed by atoms with van der Waals surface area (Å²) in [6, 6.07) is 8.88. The number of hydrogen-bond acceptors (Lipinski definition) is 2. The Morgan fingerprint density at radius 1 is 0.741 bits per heavy atom. The summed E-state index contributed by atoms with van der Waals surface area (Å²) >= 11 is 0. The first kappa shape index (κ1) is 25.6. The van der Waals surface area contributed by atoms with Crippen molar-refractivity contribution in [2.24, 2.45) is 0 Å². The molecule has 0 atom stereocenters. The summed E-state index contributed by atoms with van der Waals surface area (Å²) in [4.78, 5) is 10.8. The van der Waals surface area contributed by atoms with Crippen molar-refractivity contribution in [2.75, 3.05) is 33.3 Å². The lowest BCUT2D eigenvalue weighted by atomic mass is 10.1. The molecule has 1 aromatic carbocycles. The van der Waals surface area contributed by atoms with Crippen LogP contribution in [0.4, 0.5) is 0 Å². The molecule has 0 aliphatic heterocycles. The summed E-state index contributed by atoms with van der Waals surface area (Å²) in [5.74, 6) is -0.291. The molecule has 0 spiro atoms. The van der Waals surface area contributed by atoms with E-state index in [1.165, 1.54) is 89.1 Å². The molecule has 0 aliphatic carbocycles. The highest BCUT2D eigenvalue weighted by atomic mass is 16.5. The molecule has 27 heavy (non-hydrogen) atoms. The Hall–Kier alpha value is -1.35. The number of esters is 1. The highest BCUT2D eigenvalue weighted by Crippen LogP contribution is 2.16. The number of rotatable bonds is 13. The average molecular weight is 379 g/mol. The number of carbonyl (C=O) groups excluding carboxylic acids is 1. The van der Waals surface area contributed by atoms with E-state index in [1.54, 1.807) is 24.3 Å².